The van der Waals surface area contributed by atoms with Crippen molar-refractivity contribution in [3.63, 3.8) is 0 Å². The Morgan fingerprint density at radius 1 is 0.853 bits per heavy atom. The van der Waals surface area contributed by atoms with Crippen LogP contribution in [0.1, 0.15) is 92.9 Å². The molecule has 0 aromatic heterocycles. The van der Waals surface area contributed by atoms with Gasteiger partial charge in [0.25, 0.3) is 0 Å². The van der Waals surface area contributed by atoms with Crippen LogP contribution in [0.25, 0.3) is 0 Å². The van der Waals surface area contributed by atoms with Crippen molar-refractivity contribution in [2.75, 3.05) is 13.2 Å². The number of rotatable bonds is 1. The molecule has 192 valence electrons. The van der Waals surface area contributed by atoms with E-state index in [9.17, 15) is 15.3 Å². The molecule has 4 saturated carbocycles. The highest BCUT2D eigenvalue weighted by atomic mass is 16.5. The average molecular weight is 473 g/mol. The fraction of sp³-hybridized carbons (Fsp3) is 0.933. The second-order valence-electron chi connectivity index (χ2n) is 15.4. The summed E-state index contributed by atoms with van der Waals surface area (Å²) >= 11 is 0. The van der Waals surface area contributed by atoms with Crippen molar-refractivity contribution in [3.05, 3.63) is 12.2 Å². The van der Waals surface area contributed by atoms with Gasteiger partial charge in [-0.25, -0.2) is 0 Å². The maximum Gasteiger partial charge on any atom is 0.0957 e. The summed E-state index contributed by atoms with van der Waals surface area (Å²) in [5, 5.41) is 33.2. The van der Waals surface area contributed by atoms with Gasteiger partial charge in [-0.1, -0.05) is 53.7 Å². The van der Waals surface area contributed by atoms with Crippen LogP contribution in [0.15, 0.2) is 12.2 Å². The summed E-state index contributed by atoms with van der Waals surface area (Å²) < 4.78 is 7.01. The van der Waals surface area contributed by atoms with Gasteiger partial charge in [0, 0.05) is 22.2 Å². The highest BCUT2D eigenvalue weighted by Crippen LogP contribution is 2.79. The Kier molecular flexibility index (Phi) is 4.73. The first-order valence-electron chi connectivity index (χ1n) is 14.1. The lowest BCUT2D eigenvalue weighted by Crippen LogP contribution is -2.72. The van der Waals surface area contributed by atoms with E-state index in [0.717, 1.165) is 44.9 Å². The first kappa shape index (κ1) is 23.9. The molecule has 0 aromatic rings. The molecule has 6 rings (SSSR count). The van der Waals surface area contributed by atoms with Crippen LogP contribution in [0.5, 0.6) is 0 Å². The van der Waals surface area contributed by atoms with Gasteiger partial charge in [0.15, 0.2) is 0 Å². The molecule has 0 amide bonds. The predicted octanol–water partition coefficient (Wildman–Crippen LogP) is 5.10. The van der Waals surface area contributed by atoms with Gasteiger partial charge in [-0.15, -0.1) is 0 Å². The van der Waals surface area contributed by atoms with Crippen LogP contribution in [0.3, 0.4) is 0 Å². The zero-order valence-electron chi connectivity index (χ0n) is 22.4. The number of aliphatic hydroxyl groups is 3. The molecule has 1 saturated heterocycles. The molecule has 1 aliphatic heterocycles. The molecule has 1 heterocycles. The number of aliphatic hydroxyl groups excluding tert-OH is 3. The quantitative estimate of drug-likeness (QED) is 0.464. The Bertz CT molecular complexity index is 913. The number of hydrogen-bond acceptors (Lipinski definition) is 4. The van der Waals surface area contributed by atoms with E-state index in [1.54, 1.807) is 0 Å². The van der Waals surface area contributed by atoms with Gasteiger partial charge in [-0.05, 0) is 79.4 Å². The lowest BCUT2D eigenvalue weighted by atomic mass is 9.32. The Balaban J connectivity index is 1.49. The van der Waals surface area contributed by atoms with Gasteiger partial charge in [0.1, 0.15) is 0 Å². The molecule has 0 radical (unpaired) electrons. The number of ether oxygens (including phenoxy) is 1. The second-order valence-corrected chi connectivity index (χ2v) is 15.4. The van der Waals surface area contributed by atoms with E-state index in [0.29, 0.717) is 24.4 Å². The van der Waals surface area contributed by atoms with E-state index in [1.165, 1.54) is 6.42 Å². The number of hydrogen-bond donors (Lipinski definition) is 3. The average Bonchev–Trinajstić information content (AvgIpc) is 3.04. The largest absolute Gasteiger partial charge is 0.396 e. The third-order valence-electron chi connectivity index (χ3n) is 13.7. The topological polar surface area (TPSA) is 69.9 Å². The van der Waals surface area contributed by atoms with Crippen molar-refractivity contribution in [2.45, 2.75) is 111 Å². The van der Waals surface area contributed by atoms with Crippen molar-refractivity contribution in [2.24, 2.45) is 50.2 Å². The van der Waals surface area contributed by atoms with E-state index in [4.69, 9.17) is 4.74 Å². The third-order valence-corrected chi connectivity index (χ3v) is 13.7. The van der Waals surface area contributed by atoms with Crippen molar-refractivity contribution in [3.8, 4) is 0 Å². The fourth-order valence-electron chi connectivity index (χ4n) is 11.3. The predicted molar refractivity (Wildman–Crippen MR) is 133 cm³/mol. The highest BCUT2D eigenvalue weighted by molar-refractivity contribution is 5.35. The fourth-order valence-corrected chi connectivity index (χ4v) is 11.3. The Morgan fingerprint density at radius 3 is 2.29 bits per heavy atom. The van der Waals surface area contributed by atoms with Gasteiger partial charge in [-0.2, -0.15) is 0 Å². The van der Waals surface area contributed by atoms with Crippen LogP contribution in [-0.2, 0) is 4.74 Å². The summed E-state index contributed by atoms with van der Waals surface area (Å²) in [4.78, 5) is 0. The van der Waals surface area contributed by atoms with Crippen LogP contribution < -0.4 is 0 Å². The highest BCUT2D eigenvalue weighted by Gasteiger charge is 2.78. The van der Waals surface area contributed by atoms with Crippen LogP contribution in [0.2, 0.25) is 0 Å². The van der Waals surface area contributed by atoms with Crippen molar-refractivity contribution < 1.29 is 20.1 Å². The van der Waals surface area contributed by atoms with Gasteiger partial charge >= 0.3 is 0 Å². The SMILES string of the molecule is CC1(C)CC[C@]23COC4(C=C[C@@H]5[C@@]6(C)CC[C@H](O)[C@@](C)(CO)[C@@H]6CC[C@@]5(C)[C@]4(C)C[C@@H]2O)[C@@H]3C1. The zero-order valence-corrected chi connectivity index (χ0v) is 22.4. The van der Waals surface area contributed by atoms with Crippen molar-refractivity contribution in [1.82, 2.24) is 0 Å². The van der Waals surface area contributed by atoms with E-state index in [1.807, 2.05) is 0 Å². The molecular weight excluding hydrogens is 424 g/mol. The van der Waals surface area contributed by atoms with E-state index >= 15 is 0 Å². The van der Waals surface area contributed by atoms with Gasteiger partial charge in [0.05, 0.1) is 31.0 Å². The smallest absolute Gasteiger partial charge is 0.0957 e. The lowest BCUT2D eigenvalue weighted by molar-refractivity contribution is -0.259. The molecule has 1 unspecified atom stereocenters. The van der Waals surface area contributed by atoms with E-state index in [-0.39, 0.29) is 45.4 Å². The van der Waals surface area contributed by atoms with Crippen LogP contribution >= 0.6 is 0 Å². The molecule has 5 fully saturated rings. The summed E-state index contributed by atoms with van der Waals surface area (Å²) in [5.41, 5.74) is -0.668. The van der Waals surface area contributed by atoms with Gasteiger partial charge in [0.2, 0.25) is 0 Å². The minimum atomic E-state index is -0.448. The molecule has 6 aliphatic rings. The summed E-state index contributed by atoms with van der Waals surface area (Å²) in [5.74, 6) is 1.01. The molecule has 34 heavy (non-hydrogen) atoms. The molecule has 4 nitrogen and oxygen atoms in total. The molecule has 2 bridgehead atoms. The van der Waals surface area contributed by atoms with E-state index in [2.05, 4.69) is 53.7 Å². The molecule has 0 aromatic carbocycles. The molecule has 3 N–H and O–H groups in total. The molecule has 4 heteroatoms. The standard InChI is InChI=1S/C30H48O4/c1-24(2)13-14-29-18-34-30(21(29)15-24)12-8-20-25(3)10-9-22(32)26(4,17-31)19(25)7-11-27(20,5)28(30,6)16-23(29)33/h8,12,19-23,31-33H,7,9-11,13-18H2,1-6H3/t19-,20-,21-,22+,23+,25+,26+,27-,28+,29-,30?/m1/s1. The Morgan fingerprint density at radius 2 is 1.59 bits per heavy atom. The first-order chi connectivity index (χ1) is 15.7. The maximum absolute atomic E-state index is 11.8. The van der Waals surface area contributed by atoms with Crippen LogP contribution in [0, 0.1) is 50.2 Å². The van der Waals surface area contributed by atoms with Crippen molar-refractivity contribution >= 4 is 0 Å². The third kappa shape index (κ3) is 2.42. The number of allylic oxidation sites excluding steroid dienone is 1. The van der Waals surface area contributed by atoms with Gasteiger partial charge in [-0.3, -0.25) is 0 Å². The monoisotopic (exact) mass is 472 g/mol. The minimum Gasteiger partial charge on any atom is -0.396 e. The summed E-state index contributed by atoms with van der Waals surface area (Å²) in [6, 6.07) is 0. The molecule has 5 aliphatic carbocycles. The minimum absolute atomic E-state index is 0.00469. The van der Waals surface area contributed by atoms with Crippen LogP contribution in [-0.4, -0.2) is 46.3 Å². The maximum atomic E-state index is 11.8. The lowest BCUT2D eigenvalue weighted by Gasteiger charge is -2.73. The van der Waals surface area contributed by atoms with Crippen molar-refractivity contribution in [1.29, 1.82) is 0 Å². The van der Waals surface area contributed by atoms with Gasteiger partial charge < -0.3 is 20.1 Å². The van der Waals surface area contributed by atoms with E-state index < -0.39 is 11.5 Å². The van der Waals surface area contributed by atoms with Crippen LogP contribution in [0.4, 0.5) is 0 Å². The summed E-state index contributed by atoms with van der Waals surface area (Å²) in [7, 11) is 0. The normalized spacial score (nSPS) is 61.7. The molecular formula is C30H48O4. The molecule has 11 atom stereocenters. The molecule has 1 spiro atoms. The Hall–Kier alpha value is -0.420. The Labute approximate surface area is 206 Å². The summed E-state index contributed by atoms with van der Waals surface area (Å²) in [6.45, 7) is 15.1. The first-order valence-corrected chi connectivity index (χ1v) is 14.1. The summed E-state index contributed by atoms with van der Waals surface area (Å²) in [6.07, 6.45) is 12.3. The zero-order chi connectivity index (χ0) is 24.6. The second kappa shape index (κ2) is 6.71. The number of fused-ring (bicyclic) bond motifs is 4.